The average Bonchev–Trinajstić information content (AvgIpc) is 2.50. The van der Waals surface area contributed by atoms with Crippen molar-refractivity contribution >= 4 is 11.8 Å². The summed E-state index contributed by atoms with van der Waals surface area (Å²) in [6.45, 7) is 3.99. The lowest BCUT2D eigenvalue weighted by atomic mass is 10.0. The van der Waals surface area contributed by atoms with E-state index in [1.807, 2.05) is 19.1 Å². The van der Waals surface area contributed by atoms with Crippen molar-refractivity contribution < 1.29 is 14.3 Å². The van der Waals surface area contributed by atoms with Gasteiger partial charge >= 0.3 is 0 Å². The largest absolute Gasteiger partial charge is 0.496 e. The number of aryl methyl sites for hydroxylation is 1. The first-order valence-corrected chi connectivity index (χ1v) is 7.77. The molecule has 2 rings (SSSR count). The summed E-state index contributed by atoms with van der Waals surface area (Å²) in [5.74, 6) is 0.740. The Kier molecular flexibility index (Phi) is 5.60. The highest BCUT2D eigenvalue weighted by atomic mass is 16.5. The molecule has 1 aromatic carbocycles. The Morgan fingerprint density at radius 3 is 2.78 bits per heavy atom. The van der Waals surface area contributed by atoms with Crippen molar-refractivity contribution in [3.8, 4) is 5.75 Å². The highest BCUT2D eigenvalue weighted by Crippen LogP contribution is 2.21. The quantitative estimate of drug-likeness (QED) is 0.871. The van der Waals surface area contributed by atoms with E-state index in [1.54, 1.807) is 21.2 Å². The van der Waals surface area contributed by atoms with Crippen LogP contribution in [-0.4, -0.2) is 62.0 Å². The van der Waals surface area contributed by atoms with Crippen molar-refractivity contribution in [1.82, 2.24) is 15.1 Å². The number of carbonyl (C=O) groups excluding carboxylic acids is 2. The molecule has 1 saturated heterocycles. The molecule has 1 fully saturated rings. The third-order valence-corrected chi connectivity index (χ3v) is 4.15. The number of benzene rings is 1. The molecule has 2 amide bonds. The van der Waals surface area contributed by atoms with Gasteiger partial charge in [-0.2, -0.15) is 0 Å². The number of hydrogen-bond donors (Lipinski definition) is 1. The normalized spacial score (nSPS) is 18.4. The SMILES string of the molecule is COc1ccc(CN2CCNC(=O)[C@H]2CC(=O)N(C)C)cc1C. The Labute approximate surface area is 137 Å². The standard InChI is InChI=1S/C17H25N3O3/c1-12-9-13(5-6-15(12)23-4)11-20-8-7-18-17(22)14(20)10-16(21)19(2)3/h5-6,9,14H,7-8,10-11H2,1-4H3,(H,18,22)/t14-/m1/s1. The first-order valence-electron chi connectivity index (χ1n) is 7.77. The van der Waals surface area contributed by atoms with E-state index in [-0.39, 0.29) is 18.2 Å². The van der Waals surface area contributed by atoms with Crippen LogP contribution in [0.4, 0.5) is 0 Å². The van der Waals surface area contributed by atoms with Gasteiger partial charge in [0.05, 0.1) is 19.6 Å². The summed E-state index contributed by atoms with van der Waals surface area (Å²) in [6, 6.07) is 5.59. The summed E-state index contributed by atoms with van der Waals surface area (Å²) in [5.41, 5.74) is 2.17. The zero-order valence-corrected chi connectivity index (χ0v) is 14.3. The summed E-state index contributed by atoms with van der Waals surface area (Å²) < 4.78 is 5.28. The molecule has 1 aliphatic rings. The van der Waals surface area contributed by atoms with Gasteiger partial charge in [0.15, 0.2) is 0 Å². The number of nitrogens with one attached hydrogen (secondary N) is 1. The molecule has 1 aliphatic heterocycles. The van der Waals surface area contributed by atoms with Crippen LogP contribution in [0, 0.1) is 6.92 Å². The maximum atomic E-state index is 12.2. The van der Waals surface area contributed by atoms with Crippen molar-refractivity contribution in [3.05, 3.63) is 29.3 Å². The number of nitrogens with zero attached hydrogens (tertiary/aromatic N) is 2. The minimum absolute atomic E-state index is 0.0389. The molecule has 1 heterocycles. The molecule has 0 bridgehead atoms. The van der Waals surface area contributed by atoms with E-state index in [9.17, 15) is 9.59 Å². The van der Waals surface area contributed by atoms with Crippen molar-refractivity contribution in [2.45, 2.75) is 25.9 Å². The van der Waals surface area contributed by atoms with Gasteiger partial charge in [-0.15, -0.1) is 0 Å². The lowest BCUT2D eigenvalue weighted by Gasteiger charge is -2.35. The van der Waals surface area contributed by atoms with Gasteiger partial charge in [-0.1, -0.05) is 12.1 Å². The smallest absolute Gasteiger partial charge is 0.237 e. The van der Waals surface area contributed by atoms with Crippen LogP contribution in [0.2, 0.25) is 0 Å². The summed E-state index contributed by atoms with van der Waals surface area (Å²) in [6.07, 6.45) is 0.202. The highest BCUT2D eigenvalue weighted by molar-refractivity contribution is 5.88. The molecular formula is C17H25N3O3. The van der Waals surface area contributed by atoms with Crippen LogP contribution in [0.5, 0.6) is 5.75 Å². The van der Waals surface area contributed by atoms with Crippen molar-refractivity contribution in [2.75, 3.05) is 34.3 Å². The van der Waals surface area contributed by atoms with E-state index >= 15 is 0 Å². The minimum atomic E-state index is -0.416. The van der Waals surface area contributed by atoms with Crippen molar-refractivity contribution in [1.29, 1.82) is 0 Å². The van der Waals surface area contributed by atoms with Gasteiger partial charge in [-0.05, 0) is 24.1 Å². The Morgan fingerprint density at radius 1 is 1.43 bits per heavy atom. The Balaban J connectivity index is 2.13. The summed E-state index contributed by atoms with van der Waals surface area (Å²) >= 11 is 0. The Hall–Kier alpha value is -2.08. The first kappa shape index (κ1) is 17.3. The van der Waals surface area contributed by atoms with Crippen LogP contribution in [-0.2, 0) is 16.1 Å². The number of methoxy groups -OCH3 is 1. The molecule has 0 radical (unpaired) electrons. The Morgan fingerprint density at radius 2 is 2.17 bits per heavy atom. The van der Waals surface area contributed by atoms with Gasteiger partial charge in [0.1, 0.15) is 5.75 Å². The van der Waals surface area contributed by atoms with E-state index in [0.717, 1.165) is 23.4 Å². The minimum Gasteiger partial charge on any atom is -0.496 e. The third kappa shape index (κ3) is 4.22. The maximum Gasteiger partial charge on any atom is 0.237 e. The molecule has 0 unspecified atom stereocenters. The average molecular weight is 319 g/mol. The van der Waals surface area contributed by atoms with E-state index < -0.39 is 6.04 Å². The van der Waals surface area contributed by atoms with Crippen LogP contribution < -0.4 is 10.1 Å². The fraction of sp³-hybridized carbons (Fsp3) is 0.529. The number of amides is 2. The predicted octanol–water partition coefficient (Wildman–Crippen LogP) is 0.782. The maximum absolute atomic E-state index is 12.2. The monoisotopic (exact) mass is 319 g/mol. The van der Waals surface area contributed by atoms with Gasteiger partial charge in [-0.3, -0.25) is 14.5 Å². The van der Waals surface area contributed by atoms with E-state index in [0.29, 0.717) is 13.1 Å². The molecule has 23 heavy (non-hydrogen) atoms. The first-order chi connectivity index (χ1) is 10.9. The van der Waals surface area contributed by atoms with E-state index in [4.69, 9.17) is 4.74 Å². The van der Waals surface area contributed by atoms with Gasteiger partial charge in [0.2, 0.25) is 11.8 Å². The van der Waals surface area contributed by atoms with Crippen molar-refractivity contribution in [2.24, 2.45) is 0 Å². The Bertz CT molecular complexity index is 586. The lowest BCUT2D eigenvalue weighted by molar-refractivity contribution is -0.137. The van der Waals surface area contributed by atoms with Crippen LogP contribution in [0.15, 0.2) is 18.2 Å². The zero-order chi connectivity index (χ0) is 17.0. The molecule has 6 nitrogen and oxygen atoms in total. The predicted molar refractivity (Wildman–Crippen MR) is 88.2 cm³/mol. The molecule has 0 aliphatic carbocycles. The van der Waals surface area contributed by atoms with E-state index in [2.05, 4.69) is 16.3 Å². The summed E-state index contributed by atoms with van der Waals surface area (Å²) in [4.78, 5) is 27.8. The lowest BCUT2D eigenvalue weighted by Crippen LogP contribution is -2.56. The molecule has 0 aromatic heterocycles. The van der Waals surface area contributed by atoms with Crippen molar-refractivity contribution in [3.63, 3.8) is 0 Å². The number of ether oxygens (including phenoxy) is 1. The van der Waals surface area contributed by atoms with Crippen LogP contribution in [0.25, 0.3) is 0 Å². The molecular weight excluding hydrogens is 294 g/mol. The molecule has 0 saturated carbocycles. The molecule has 0 spiro atoms. The zero-order valence-electron chi connectivity index (χ0n) is 14.3. The molecule has 1 N–H and O–H groups in total. The van der Waals surface area contributed by atoms with Gasteiger partial charge < -0.3 is 15.0 Å². The van der Waals surface area contributed by atoms with Crippen LogP contribution in [0.1, 0.15) is 17.5 Å². The number of rotatable bonds is 5. The second kappa shape index (κ2) is 7.46. The second-order valence-corrected chi connectivity index (χ2v) is 6.07. The van der Waals surface area contributed by atoms with Crippen LogP contribution in [0.3, 0.4) is 0 Å². The molecule has 1 aromatic rings. The second-order valence-electron chi connectivity index (χ2n) is 6.07. The van der Waals surface area contributed by atoms with E-state index in [1.165, 1.54) is 4.90 Å². The van der Waals surface area contributed by atoms with Gasteiger partial charge in [0, 0.05) is 33.7 Å². The van der Waals surface area contributed by atoms with Gasteiger partial charge in [0.25, 0.3) is 0 Å². The third-order valence-electron chi connectivity index (χ3n) is 4.15. The summed E-state index contributed by atoms with van der Waals surface area (Å²) in [7, 11) is 5.07. The molecule has 126 valence electrons. The number of piperazine rings is 1. The van der Waals surface area contributed by atoms with Crippen LogP contribution >= 0.6 is 0 Å². The fourth-order valence-corrected chi connectivity index (χ4v) is 2.79. The number of carbonyl (C=O) groups is 2. The molecule has 1 atom stereocenters. The number of hydrogen-bond acceptors (Lipinski definition) is 4. The molecule has 6 heteroatoms. The fourth-order valence-electron chi connectivity index (χ4n) is 2.79. The highest BCUT2D eigenvalue weighted by Gasteiger charge is 2.32. The topological polar surface area (TPSA) is 61.9 Å². The van der Waals surface area contributed by atoms with Gasteiger partial charge in [-0.25, -0.2) is 0 Å². The summed E-state index contributed by atoms with van der Waals surface area (Å²) in [5, 5.41) is 2.85.